The van der Waals surface area contributed by atoms with Crippen molar-refractivity contribution in [3.63, 3.8) is 0 Å². The van der Waals surface area contributed by atoms with Crippen LogP contribution in [0.5, 0.6) is 0 Å². The molecule has 0 aromatic heterocycles. The first-order chi connectivity index (χ1) is 8.43. The molecule has 2 nitrogen and oxygen atoms in total. The van der Waals surface area contributed by atoms with Gasteiger partial charge in [-0.05, 0) is 38.6 Å². The molecule has 2 saturated carbocycles. The molecule has 0 aliphatic heterocycles. The number of nitrogens with two attached hydrogens (primary N) is 1. The van der Waals surface area contributed by atoms with E-state index in [1.165, 1.54) is 0 Å². The number of likely N-dealkylation sites (N-methyl/N-ethyl adjacent to an activating group) is 1. The van der Waals surface area contributed by atoms with Crippen LogP contribution in [0, 0.1) is 5.92 Å². The van der Waals surface area contributed by atoms with E-state index in [1.54, 1.807) is 0 Å². The second-order valence-electron chi connectivity index (χ2n) is 5.78. The Morgan fingerprint density at radius 2 is 1.94 bits per heavy atom. The third-order valence-electron chi connectivity index (χ3n) is 4.60. The van der Waals surface area contributed by atoms with Crippen LogP contribution >= 0.6 is 0 Å². The molecule has 0 aromatic rings. The van der Waals surface area contributed by atoms with Gasteiger partial charge in [0.25, 0.3) is 0 Å². The molecule has 0 amide bonds. The molecule has 2 fully saturated rings. The number of hydrogen-bond acceptors (Lipinski definition) is 2. The highest BCUT2D eigenvalue weighted by molar-refractivity contribution is 5.02. The average Bonchev–Trinajstić information content (AvgIpc) is 3.13. The lowest BCUT2D eigenvalue weighted by Gasteiger charge is -2.48. The van der Waals surface area contributed by atoms with Crippen LogP contribution in [-0.4, -0.2) is 35.7 Å². The van der Waals surface area contributed by atoms with Crippen LogP contribution in [0.4, 0.5) is 13.2 Å². The summed E-state index contributed by atoms with van der Waals surface area (Å²) in [4.78, 5) is 2.25. The molecule has 2 atom stereocenters. The van der Waals surface area contributed by atoms with Gasteiger partial charge in [-0.1, -0.05) is 13.3 Å². The Kier molecular flexibility index (Phi) is 3.93. The summed E-state index contributed by atoms with van der Waals surface area (Å²) in [6.45, 7) is 3.20. The zero-order valence-corrected chi connectivity index (χ0v) is 11.0. The Labute approximate surface area is 107 Å². The lowest BCUT2D eigenvalue weighted by molar-refractivity contribution is -0.194. The van der Waals surface area contributed by atoms with Gasteiger partial charge in [-0.15, -0.1) is 0 Å². The number of hydrogen-bond donors (Lipinski definition) is 1. The van der Waals surface area contributed by atoms with E-state index in [9.17, 15) is 13.2 Å². The summed E-state index contributed by atoms with van der Waals surface area (Å²) in [5, 5.41) is 0. The zero-order chi connectivity index (χ0) is 13.4. The first kappa shape index (κ1) is 14.1. The van der Waals surface area contributed by atoms with Crippen LogP contribution in [0.3, 0.4) is 0 Å². The lowest BCUT2D eigenvalue weighted by Crippen LogP contribution is -2.58. The monoisotopic (exact) mass is 264 g/mol. The van der Waals surface area contributed by atoms with Gasteiger partial charge >= 0.3 is 6.18 Å². The average molecular weight is 264 g/mol. The molecular weight excluding hydrogens is 241 g/mol. The molecule has 2 aliphatic carbocycles. The van der Waals surface area contributed by atoms with Crippen molar-refractivity contribution in [3.05, 3.63) is 0 Å². The van der Waals surface area contributed by atoms with E-state index in [4.69, 9.17) is 5.73 Å². The second-order valence-corrected chi connectivity index (χ2v) is 5.78. The minimum absolute atomic E-state index is 0.192. The zero-order valence-electron chi connectivity index (χ0n) is 11.0. The van der Waals surface area contributed by atoms with Gasteiger partial charge in [0, 0.05) is 18.1 Å². The molecule has 2 N–H and O–H groups in total. The maximum Gasteiger partial charge on any atom is 0.391 e. The molecular formula is C13H23F3N2. The van der Waals surface area contributed by atoms with E-state index >= 15 is 0 Å². The van der Waals surface area contributed by atoms with E-state index in [2.05, 4.69) is 4.90 Å². The van der Waals surface area contributed by atoms with Crippen molar-refractivity contribution in [2.45, 2.75) is 63.2 Å². The highest BCUT2D eigenvalue weighted by Gasteiger charge is 2.51. The molecule has 0 spiro atoms. The van der Waals surface area contributed by atoms with E-state index < -0.39 is 17.6 Å². The Morgan fingerprint density at radius 1 is 1.28 bits per heavy atom. The molecule has 5 heteroatoms. The summed E-state index contributed by atoms with van der Waals surface area (Å²) in [7, 11) is 0. The van der Waals surface area contributed by atoms with Gasteiger partial charge in [-0.25, -0.2) is 0 Å². The molecule has 0 heterocycles. The van der Waals surface area contributed by atoms with Crippen molar-refractivity contribution in [2.75, 3.05) is 13.1 Å². The third kappa shape index (κ3) is 2.67. The quantitative estimate of drug-likeness (QED) is 0.846. The van der Waals surface area contributed by atoms with Crippen molar-refractivity contribution in [1.29, 1.82) is 0 Å². The molecule has 18 heavy (non-hydrogen) atoms. The summed E-state index contributed by atoms with van der Waals surface area (Å²) in [6.07, 6.45) is 0.0954. The number of alkyl halides is 3. The fourth-order valence-electron chi connectivity index (χ4n) is 3.55. The van der Waals surface area contributed by atoms with Crippen LogP contribution in [0.2, 0.25) is 0 Å². The largest absolute Gasteiger partial charge is 0.391 e. The number of halogens is 3. The van der Waals surface area contributed by atoms with Gasteiger partial charge in [0.2, 0.25) is 0 Å². The Hall–Kier alpha value is -0.290. The van der Waals surface area contributed by atoms with E-state index in [-0.39, 0.29) is 12.8 Å². The Morgan fingerprint density at radius 3 is 2.39 bits per heavy atom. The van der Waals surface area contributed by atoms with Gasteiger partial charge in [-0.2, -0.15) is 13.2 Å². The van der Waals surface area contributed by atoms with Crippen molar-refractivity contribution >= 4 is 0 Å². The number of rotatable bonds is 4. The maximum atomic E-state index is 12.9. The van der Waals surface area contributed by atoms with Crippen molar-refractivity contribution in [2.24, 2.45) is 11.7 Å². The molecule has 106 valence electrons. The fraction of sp³-hybridized carbons (Fsp3) is 1.00. The Bertz CT molecular complexity index is 288. The van der Waals surface area contributed by atoms with Crippen molar-refractivity contribution in [1.82, 2.24) is 4.90 Å². The molecule has 2 aliphatic rings. The predicted octanol–water partition coefficient (Wildman–Crippen LogP) is 2.92. The molecule has 0 aromatic carbocycles. The van der Waals surface area contributed by atoms with Crippen molar-refractivity contribution in [3.8, 4) is 0 Å². The topological polar surface area (TPSA) is 29.3 Å². The maximum absolute atomic E-state index is 12.9. The van der Waals surface area contributed by atoms with E-state index in [0.29, 0.717) is 19.0 Å². The highest BCUT2D eigenvalue weighted by Crippen LogP contribution is 2.46. The van der Waals surface area contributed by atoms with Crippen LogP contribution < -0.4 is 5.73 Å². The normalized spacial score (nSPS) is 34.0. The SMILES string of the molecule is CCN(C1CC1)C1(CN)CCCC(C(F)(F)F)C1. The van der Waals surface area contributed by atoms with Gasteiger partial charge in [0.1, 0.15) is 0 Å². The predicted molar refractivity (Wildman–Crippen MR) is 65.2 cm³/mol. The minimum atomic E-state index is -4.07. The third-order valence-corrected chi connectivity index (χ3v) is 4.60. The first-order valence-electron chi connectivity index (χ1n) is 6.96. The molecule has 0 radical (unpaired) electrons. The number of nitrogens with zero attached hydrogens (tertiary/aromatic N) is 1. The second kappa shape index (κ2) is 5.00. The minimum Gasteiger partial charge on any atom is -0.329 e. The van der Waals surface area contributed by atoms with Gasteiger partial charge in [0.15, 0.2) is 0 Å². The van der Waals surface area contributed by atoms with Gasteiger partial charge in [0.05, 0.1) is 5.92 Å². The van der Waals surface area contributed by atoms with E-state index in [1.807, 2.05) is 6.92 Å². The van der Waals surface area contributed by atoms with Crippen molar-refractivity contribution < 1.29 is 13.2 Å². The van der Waals surface area contributed by atoms with Crippen LogP contribution in [0.15, 0.2) is 0 Å². The molecule has 2 unspecified atom stereocenters. The van der Waals surface area contributed by atoms with Crippen LogP contribution in [0.1, 0.15) is 45.4 Å². The van der Waals surface area contributed by atoms with Crippen LogP contribution in [-0.2, 0) is 0 Å². The molecule has 0 saturated heterocycles. The van der Waals surface area contributed by atoms with Gasteiger partial charge in [-0.3, -0.25) is 4.90 Å². The highest BCUT2D eigenvalue weighted by atomic mass is 19.4. The lowest BCUT2D eigenvalue weighted by atomic mass is 9.74. The van der Waals surface area contributed by atoms with Crippen LogP contribution in [0.25, 0.3) is 0 Å². The molecule has 2 rings (SSSR count). The first-order valence-corrected chi connectivity index (χ1v) is 6.96. The fourth-order valence-corrected chi connectivity index (χ4v) is 3.55. The molecule has 0 bridgehead atoms. The van der Waals surface area contributed by atoms with E-state index in [0.717, 1.165) is 25.8 Å². The Balaban J connectivity index is 2.15. The summed E-state index contributed by atoms with van der Waals surface area (Å²) in [5.74, 6) is -1.16. The van der Waals surface area contributed by atoms with Gasteiger partial charge < -0.3 is 5.73 Å². The summed E-state index contributed by atoms with van der Waals surface area (Å²) in [6, 6.07) is 0.477. The summed E-state index contributed by atoms with van der Waals surface area (Å²) < 4.78 is 38.8. The summed E-state index contributed by atoms with van der Waals surface area (Å²) >= 11 is 0. The standard InChI is InChI=1S/C13H23F3N2/c1-2-18(11-5-6-11)12(9-17)7-3-4-10(8-12)13(14,15)16/h10-11H,2-9,17H2,1H3. The smallest absolute Gasteiger partial charge is 0.329 e. The summed E-state index contributed by atoms with van der Waals surface area (Å²) in [5.41, 5.74) is 5.47.